The van der Waals surface area contributed by atoms with Gasteiger partial charge in [-0.1, -0.05) is 30.3 Å². The molecule has 0 radical (unpaired) electrons. The average molecular weight is 281 g/mol. The number of benzene rings is 2. The molecule has 0 fully saturated rings. The minimum absolute atomic E-state index is 0.00265. The SMILES string of the molecule is N#CCNC(=O)CNc1ccccc1Oc1ccccc1. The quantitative estimate of drug-likeness (QED) is 0.798. The molecule has 0 saturated carbocycles. The van der Waals surface area contributed by atoms with Gasteiger partial charge >= 0.3 is 0 Å². The number of carbonyl (C=O) groups is 1. The van der Waals surface area contributed by atoms with Crippen LogP contribution in [0.1, 0.15) is 0 Å². The number of rotatable bonds is 6. The third-order valence-corrected chi connectivity index (χ3v) is 2.66. The number of hydrogen-bond acceptors (Lipinski definition) is 4. The zero-order valence-electron chi connectivity index (χ0n) is 11.4. The van der Waals surface area contributed by atoms with Crippen LogP contribution in [-0.4, -0.2) is 19.0 Å². The van der Waals surface area contributed by atoms with Crippen molar-refractivity contribution in [2.75, 3.05) is 18.4 Å². The second-order valence-corrected chi connectivity index (χ2v) is 4.20. The first-order valence-corrected chi connectivity index (χ1v) is 6.49. The van der Waals surface area contributed by atoms with Crippen molar-refractivity contribution in [1.82, 2.24) is 5.32 Å². The Balaban J connectivity index is 2.00. The Morgan fingerprint density at radius 2 is 1.81 bits per heavy atom. The lowest BCUT2D eigenvalue weighted by Gasteiger charge is -2.12. The minimum Gasteiger partial charge on any atom is -0.455 e. The van der Waals surface area contributed by atoms with Crippen molar-refractivity contribution >= 4 is 11.6 Å². The summed E-state index contributed by atoms with van der Waals surface area (Å²) < 4.78 is 5.78. The summed E-state index contributed by atoms with van der Waals surface area (Å²) in [6, 6.07) is 18.6. The first-order valence-electron chi connectivity index (χ1n) is 6.49. The van der Waals surface area contributed by atoms with Crippen molar-refractivity contribution < 1.29 is 9.53 Å². The molecule has 0 aliphatic heterocycles. The summed E-state index contributed by atoms with van der Waals surface area (Å²) in [6.07, 6.45) is 0. The number of hydrogen-bond donors (Lipinski definition) is 2. The molecule has 5 nitrogen and oxygen atoms in total. The zero-order valence-corrected chi connectivity index (χ0v) is 11.4. The molecule has 5 heteroatoms. The van der Waals surface area contributed by atoms with Gasteiger partial charge in [-0.05, 0) is 24.3 Å². The maximum atomic E-state index is 11.5. The van der Waals surface area contributed by atoms with E-state index < -0.39 is 0 Å². The number of nitrogens with one attached hydrogen (secondary N) is 2. The highest BCUT2D eigenvalue weighted by Gasteiger charge is 2.06. The highest BCUT2D eigenvalue weighted by Crippen LogP contribution is 2.28. The van der Waals surface area contributed by atoms with Crippen molar-refractivity contribution in [2.24, 2.45) is 0 Å². The van der Waals surface area contributed by atoms with Crippen LogP contribution in [-0.2, 0) is 4.79 Å². The fourth-order valence-electron chi connectivity index (χ4n) is 1.69. The molecule has 0 aliphatic rings. The number of para-hydroxylation sites is 3. The predicted molar refractivity (Wildman–Crippen MR) is 80.1 cm³/mol. The van der Waals surface area contributed by atoms with Crippen LogP contribution in [0.4, 0.5) is 5.69 Å². The van der Waals surface area contributed by atoms with Crippen molar-refractivity contribution in [3.05, 3.63) is 54.6 Å². The maximum absolute atomic E-state index is 11.5. The summed E-state index contributed by atoms with van der Waals surface area (Å²) in [5.41, 5.74) is 0.716. The molecule has 0 heterocycles. The predicted octanol–water partition coefficient (Wildman–Crippen LogP) is 2.53. The molecular formula is C16H15N3O2. The number of anilines is 1. The van der Waals surface area contributed by atoms with Gasteiger partial charge in [-0.15, -0.1) is 0 Å². The molecule has 2 rings (SSSR count). The molecule has 0 unspecified atom stereocenters. The molecule has 0 aliphatic carbocycles. The van der Waals surface area contributed by atoms with Gasteiger partial charge in [0.2, 0.25) is 5.91 Å². The van der Waals surface area contributed by atoms with Crippen LogP contribution in [0.5, 0.6) is 11.5 Å². The van der Waals surface area contributed by atoms with Crippen molar-refractivity contribution in [3.63, 3.8) is 0 Å². The summed E-state index contributed by atoms with van der Waals surface area (Å²) >= 11 is 0. The monoisotopic (exact) mass is 281 g/mol. The van der Waals surface area contributed by atoms with Gasteiger partial charge in [-0.3, -0.25) is 4.79 Å². The Morgan fingerprint density at radius 1 is 1.10 bits per heavy atom. The molecule has 2 aromatic carbocycles. The van der Waals surface area contributed by atoms with E-state index in [2.05, 4.69) is 10.6 Å². The fraction of sp³-hybridized carbons (Fsp3) is 0.125. The second kappa shape index (κ2) is 7.56. The lowest BCUT2D eigenvalue weighted by molar-refractivity contribution is -0.119. The Morgan fingerprint density at radius 3 is 2.57 bits per heavy atom. The van der Waals surface area contributed by atoms with Crippen molar-refractivity contribution in [2.45, 2.75) is 0 Å². The van der Waals surface area contributed by atoms with E-state index in [1.54, 1.807) is 0 Å². The Kier molecular flexibility index (Phi) is 5.18. The Labute approximate surface area is 123 Å². The van der Waals surface area contributed by atoms with Crippen LogP contribution >= 0.6 is 0 Å². The van der Waals surface area contributed by atoms with Crippen LogP contribution in [0.2, 0.25) is 0 Å². The van der Waals surface area contributed by atoms with Crippen LogP contribution in [0.15, 0.2) is 54.6 Å². The molecule has 2 N–H and O–H groups in total. The molecule has 0 spiro atoms. The van der Waals surface area contributed by atoms with E-state index >= 15 is 0 Å². The molecule has 0 aromatic heterocycles. The topological polar surface area (TPSA) is 74.2 Å². The Bertz CT molecular complexity index is 635. The molecule has 0 bridgehead atoms. The summed E-state index contributed by atoms with van der Waals surface area (Å²) in [6.45, 7) is 0.0829. The lowest BCUT2D eigenvalue weighted by atomic mass is 10.3. The van der Waals surface area contributed by atoms with Crippen LogP contribution < -0.4 is 15.4 Å². The van der Waals surface area contributed by atoms with E-state index in [1.807, 2.05) is 60.7 Å². The van der Waals surface area contributed by atoms with E-state index in [-0.39, 0.29) is 19.0 Å². The summed E-state index contributed by atoms with van der Waals surface area (Å²) in [5.74, 6) is 1.11. The van der Waals surface area contributed by atoms with Gasteiger partial charge in [0.25, 0.3) is 0 Å². The maximum Gasteiger partial charge on any atom is 0.240 e. The van der Waals surface area contributed by atoms with Gasteiger partial charge in [-0.25, -0.2) is 0 Å². The second-order valence-electron chi connectivity index (χ2n) is 4.20. The van der Waals surface area contributed by atoms with Crippen LogP contribution in [0.3, 0.4) is 0 Å². The van der Waals surface area contributed by atoms with Gasteiger partial charge in [-0.2, -0.15) is 5.26 Å². The smallest absolute Gasteiger partial charge is 0.240 e. The van der Waals surface area contributed by atoms with Gasteiger partial charge in [0.05, 0.1) is 18.3 Å². The number of ether oxygens (including phenoxy) is 1. The molecule has 0 atom stereocenters. The van der Waals surface area contributed by atoms with Gasteiger partial charge < -0.3 is 15.4 Å². The van der Waals surface area contributed by atoms with Crippen LogP contribution in [0.25, 0.3) is 0 Å². The van der Waals surface area contributed by atoms with E-state index in [4.69, 9.17) is 10.00 Å². The standard InChI is InChI=1S/C16H15N3O2/c17-10-11-18-16(20)12-19-14-8-4-5-9-15(14)21-13-6-2-1-3-7-13/h1-9,19H,11-12H2,(H,18,20). The normalized spacial score (nSPS) is 9.48. The molecular weight excluding hydrogens is 266 g/mol. The Hall–Kier alpha value is -3.00. The zero-order chi connectivity index (χ0) is 14.9. The first kappa shape index (κ1) is 14.4. The fourth-order valence-corrected chi connectivity index (χ4v) is 1.69. The highest BCUT2D eigenvalue weighted by atomic mass is 16.5. The van der Waals surface area contributed by atoms with Crippen molar-refractivity contribution in [3.8, 4) is 17.6 Å². The molecule has 1 amide bonds. The summed E-state index contributed by atoms with van der Waals surface area (Å²) in [4.78, 5) is 11.5. The van der Waals surface area contributed by atoms with Crippen molar-refractivity contribution in [1.29, 1.82) is 5.26 Å². The number of amides is 1. The van der Waals surface area contributed by atoms with Crippen LogP contribution in [0, 0.1) is 11.3 Å². The molecule has 0 saturated heterocycles. The first-order chi connectivity index (χ1) is 10.3. The lowest BCUT2D eigenvalue weighted by Crippen LogP contribution is -2.30. The van der Waals surface area contributed by atoms with E-state index in [0.717, 1.165) is 5.75 Å². The number of nitrogens with zero attached hydrogens (tertiary/aromatic N) is 1. The van der Waals surface area contributed by atoms with E-state index in [1.165, 1.54) is 0 Å². The number of carbonyl (C=O) groups excluding carboxylic acids is 1. The molecule has 2 aromatic rings. The van der Waals surface area contributed by atoms with Gasteiger partial charge in [0, 0.05) is 0 Å². The minimum atomic E-state index is -0.244. The third kappa shape index (κ3) is 4.55. The molecule has 106 valence electrons. The third-order valence-electron chi connectivity index (χ3n) is 2.66. The number of nitriles is 1. The summed E-state index contributed by atoms with van der Waals surface area (Å²) in [7, 11) is 0. The van der Waals surface area contributed by atoms with E-state index in [0.29, 0.717) is 11.4 Å². The van der Waals surface area contributed by atoms with E-state index in [9.17, 15) is 4.79 Å². The largest absolute Gasteiger partial charge is 0.455 e. The van der Waals surface area contributed by atoms with Gasteiger partial charge in [0.15, 0.2) is 5.75 Å². The average Bonchev–Trinajstić information content (AvgIpc) is 2.53. The van der Waals surface area contributed by atoms with Gasteiger partial charge in [0.1, 0.15) is 12.3 Å². The highest BCUT2D eigenvalue weighted by molar-refractivity contribution is 5.81. The summed E-state index contributed by atoms with van der Waals surface area (Å²) in [5, 5.41) is 13.9. The molecule has 21 heavy (non-hydrogen) atoms.